The first kappa shape index (κ1) is 14.3. The van der Waals surface area contributed by atoms with E-state index in [1.807, 2.05) is 0 Å². The number of halogens is 4. The summed E-state index contributed by atoms with van der Waals surface area (Å²) in [5, 5.41) is 13.9. The normalized spacial score (nSPS) is 27.0. The Morgan fingerprint density at radius 3 is 2.71 bits per heavy atom. The molecular weight excluding hydrogens is 307 g/mol. The molecule has 0 fully saturated rings. The molecule has 0 saturated carbocycles. The van der Waals surface area contributed by atoms with Gasteiger partial charge in [0, 0.05) is 16.5 Å². The minimum Gasteiger partial charge on any atom is -0.548 e. The number of hydrogen-bond donors (Lipinski definition) is 1. The molecule has 2 aliphatic rings. The molecule has 112 valence electrons. The van der Waals surface area contributed by atoms with Gasteiger partial charge in [-0.15, -0.1) is 0 Å². The van der Waals surface area contributed by atoms with Gasteiger partial charge in [0.05, 0.1) is 23.3 Å². The van der Waals surface area contributed by atoms with Gasteiger partial charge in [0.15, 0.2) is 0 Å². The zero-order chi connectivity index (χ0) is 15.4. The van der Waals surface area contributed by atoms with E-state index in [9.17, 15) is 23.1 Å². The number of fused-ring (bicyclic) bond motifs is 3. The van der Waals surface area contributed by atoms with Gasteiger partial charge < -0.3 is 15.2 Å². The lowest BCUT2D eigenvalue weighted by molar-refractivity contribution is -0.308. The monoisotopic (exact) mass is 316 g/mol. The first-order chi connectivity index (χ1) is 9.80. The molecule has 1 aliphatic carbocycles. The van der Waals surface area contributed by atoms with Crippen LogP contribution >= 0.6 is 11.6 Å². The molecule has 0 unspecified atom stereocenters. The van der Waals surface area contributed by atoms with Gasteiger partial charge in [0.1, 0.15) is 0 Å². The van der Waals surface area contributed by atoms with Crippen molar-refractivity contribution in [3.63, 3.8) is 0 Å². The molecule has 0 amide bonds. The molecule has 7 heteroatoms. The Morgan fingerprint density at radius 2 is 2.10 bits per heavy atom. The van der Waals surface area contributed by atoms with Gasteiger partial charge in [-0.2, -0.15) is 13.2 Å². The minimum absolute atomic E-state index is 0.198. The molecule has 1 aliphatic heterocycles. The molecule has 0 aromatic heterocycles. The zero-order valence-electron chi connectivity index (χ0n) is 10.6. The third kappa shape index (κ3) is 2.18. The molecule has 0 radical (unpaired) electrons. The lowest BCUT2D eigenvalue weighted by atomic mass is 9.78. The predicted molar refractivity (Wildman–Crippen MR) is 68.9 cm³/mol. The highest BCUT2D eigenvalue weighted by Gasteiger charge is 2.43. The summed E-state index contributed by atoms with van der Waals surface area (Å²) in [5.74, 6) is -2.24. The zero-order valence-corrected chi connectivity index (χ0v) is 11.3. The van der Waals surface area contributed by atoms with Crippen LogP contribution in [0.4, 0.5) is 18.9 Å². The molecular formula is C14H10ClF3NO2-. The van der Waals surface area contributed by atoms with Crippen LogP contribution in [0.1, 0.15) is 23.5 Å². The Bertz CT molecular complexity index is 642. The third-order valence-electron chi connectivity index (χ3n) is 4.03. The largest absolute Gasteiger partial charge is 0.548 e. The van der Waals surface area contributed by atoms with Crippen molar-refractivity contribution in [1.82, 2.24) is 0 Å². The minimum atomic E-state index is -4.59. The summed E-state index contributed by atoms with van der Waals surface area (Å²) >= 11 is 6.05. The molecule has 0 bridgehead atoms. The Labute approximate surface area is 123 Å². The van der Waals surface area contributed by atoms with Crippen molar-refractivity contribution in [3.8, 4) is 0 Å². The average molecular weight is 317 g/mol. The second-order valence-electron chi connectivity index (χ2n) is 5.18. The second kappa shape index (κ2) is 4.66. The van der Waals surface area contributed by atoms with E-state index in [2.05, 4.69) is 5.32 Å². The number of nitrogens with one attached hydrogen (secondary N) is 1. The van der Waals surface area contributed by atoms with Crippen LogP contribution in [-0.4, -0.2) is 12.0 Å². The summed E-state index contributed by atoms with van der Waals surface area (Å²) in [6.07, 6.45) is -0.652. The van der Waals surface area contributed by atoms with Crippen LogP contribution in [0, 0.1) is 5.92 Å². The fourth-order valence-corrected chi connectivity index (χ4v) is 3.42. The number of carboxylic acids is 1. The number of rotatable bonds is 1. The smallest absolute Gasteiger partial charge is 0.418 e. The van der Waals surface area contributed by atoms with Crippen molar-refractivity contribution in [1.29, 1.82) is 0 Å². The molecule has 0 saturated heterocycles. The third-order valence-corrected chi connectivity index (χ3v) is 4.36. The van der Waals surface area contributed by atoms with E-state index in [4.69, 9.17) is 11.6 Å². The maximum Gasteiger partial charge on any atom is 0.418 e. The lowest BCUT2D eigenvalue weighted by Gasteiger charge is -2.39. The van der Waals surface area contributed by atoms with Gasteiger partial charge in [0.25, 0.3) is 0 Å². The van der Waals surface area contributed by atoms with E-state index < -0.39 is 29.7 Å². The Kier molecular flexibility index (Phi) is 3.16. The van der Waals surface area contributed by atoms with Crippen LogP contribution in [-0.2, 0) is 11.0 Å². The molecule has 1 aromatic carbocycles. The van der Waals surface area contributed by atoms with Gasteiger partial charge >= 0.3 is 6.18 Å². The summed E-state index contributed by atoms with van der Waals surface area (Å²) in [4.78, 5) is 11.2. The highest BCUT2D eigenvalue weighted by atomic mass is 35.5. The van der Waals surface area contributed by atoms with Gasteiger partial charge in [-0.1, -0.05) is 23.8 Å². The fraction of sp³-hybridized carbons (Fsp3) is 0.357. The quantitative estimate of drug-likeness (QED) is 0.810. The molecule has 1 heterocycles. The number of hydrogen-bond acceptors (Lipinski definition) is 3. The highest BCUT2D eigenvalue weighted by molar-refractivity contribution is 6.32. The van der Waals surface area contributed by atoms with Crippen molar-refractivity contribution < 1.29 is 23.1 Å². The maximum atomic E-state index is 13.1. The van der Waals surface area contributed by atoms with Crippen LogP contribution in [0.25, 0.3) is 0 Å². The van der Waals surface area contributed by atoms with Crippen molar-refractivity contribution in [2.75, 3.05) is 5.32 Å². The van der Waals surface area contributed by atoms with Gasteiger partial charge in [-0.3, -0.25) is 0 Å². The average Bonchev–Trinajstić information content (AvgIpc) is 2.84. The predicted octanol–water partition coefficient (Wildman–Crippen LogP) is 2.56. The second-order valence-corrected chi connectivity index (χ2v) is 5.58. The number of carbonyl (C=O) groups excluding carboxylic acids is 1. The number of carbonyl (C=O) groups is 1. The van der Waals surface area contributed by atoms with Gasteiger partial charge in [-0.25, -0.2) is 0 Å². The van der Waals surface area contributed by atoms with Gasteiger partial charge in [0.2, 0.25) is 0 Å². The van der Waals surface area contributed by atoms with E-state index in [0.717, 1.165) is 6.07 Å². The molecule has 0 spiro atoms. The van der Waals surface area contributed by atoms with E-state index in [1.54, 1.807) is 12.2 Å². The number of benzene rings is 1. The van der Waals surface area contributed by atoms with Crippen molar-refractivity contribution in [3.05, 3.63) is 40.4 Å². The van der Waals surface area contributed by atoms with Crippen LogP contribution < -0.4 is 10.4 Å². The van der Waals surface area contributed by atoms with E-state index in [1.165, 1.54) is 6.07 Å². The number of alkyl halides is 3. The van der Waals surface area contributed by atoms with E-state index in [-0.39, 0.29) is 16.6 Å². The summed E-state index contributed by atoms with van der Waals surface area (Å²) in [6.45, 7) is 0. The standard InChI is InChI=1S/C14H11ClF3NO2/c15-9-5-4-8(14(16,17)18)12-10(9)6-2-1-3-7(6)11(19-12)13(20)21/h1-2,4-7,11,19H,3H2,(H,20,21)/p-1/t6-,7-,11+/m1/s1. The van der Waals surface area contributed by atoms with E-state index in [0.29, 0.717) is 12.0 Å². The fourth-order valence-electron chi connectivity index (χ4n) is 3.13. The van der Waals surface area contributed by atoms with Crippen LogP contribution in [0.3, 0.4) is 0 Å². The lowest BCUT2D eigenvalue weighted by Crippen LogP contribution is -2.49. The number of allylic oxidation sites excluding steroid dienone is 2. The molecule has 3 nitrogen and oxygen atoms in total. The topological polar surface area (TPSA) is 52.2 Å². The summed E-state index contributed by atoms with van der Waals surface area (Å²) in [5.41, 5.74) is -0.855. The molecule has 1 aromatic rings. The summed E-state index contributed by atoms with van der Waals surface area (Å²) in [7, 11) is 0. The Balaban J connectivity index is 2.22. The molecule has 1 N–H and O–H groups in total. The number of aliphatic carboxylic acids is 1. The van der Waals surface area contributed by atoms with Gasteiger partial charge in [-0.05, 0) is 24.5 Å². The molecule has 3 rings (SSSR count). The Hall–Kier alpha value is -1.69. The SMILES string of the molecule is O=C([O-])[C@H]1Nc2c(C(F)(F)F)ccc(Cl)c2[C@@H]2C=CC[C@@H]12. The van der Waals surface area contributed by atoms with Crippen LogP contribution in [0.5, 0.6) is 0 Å². The number of anilines is 1. The summed E-state index contributed by atoms with van der Waals surface area (Å²) in [6, 6.07) is 0.893. The van der Waals surface area contributed by atoms with E-state index >= 15 is 0 Å². The first-order valence-electron chi connectivity index (χ1n) is 6.34. The van der Waals surface area contributed by atoms with Crippen LogP contribution in [0.15, 0.2) is 24.3 Å². The maximum absolute atomic E-state index is 13.1. The van der Waals surface area contributed by atoms with Crippen LogP contribution in [0.2, 0.25) is 5.02 Å². The summed E-state index contributed by atoms with van der Waals surface area (Å²) < 4.78 is 39.3. The number of carboxylic acid groups (broad SMARTS) is 1. The first-order valence-corrected chi connectivity index (χ1v) is 6.72. The Morgan fingerprint density at radius 1 is 1.38 bits per heavy atom. The molecule has 3 atom stereocenters. The highest BCUT2D eigenvalue weighted by Crippen LogP contribution is 2.50. The van der Waals surface area contributed by atoms with Crippen molar-refractivity contribution >= 4 is 23.3 Å². The van der Waals surface area contributed by atoms with Crippen molar-refractivity contribution in [2.24, 2.45) is 5.92 Å². The van der Waals surface area contributed by atoms with Crippen molar-refractivity contribution in [2.45, 2.75) is 24.6 Å². The molecule has 21 heavy (non-hydrogen) atoms.